The Bertz CT molecular complexity index is 849. The second-order valence-electron chi connectivity index (χ2n) is 6.56. The van der Waals surface area contributed by atoms with Crippen LogP contribution in [-0.4, -0.2) is 66.5 Å². The van der Waals surface area contributed by atoms with Gasteiger partial charge in [0.25, 0.3) is 0 Å². The molecule has 1 fully saturated rings. The van der Waals surface area contributed by atoms with E-state index >= 15 is 0 Å². The average molecular weight is 343 g/mol. The van der Waals surface area contributed by atoms with Gasteiger partial charge in [-0.2, -0.15) is 4.98 Å². The average Bonchev–Trinajstić information content (AvgIpc) is 3.30. The second kappa shape index (κ2) is 6.36. The number of piperazine rings is 1. The maximum absolute atomic E-state index is 5.44. The lowest BCUT2D eigenvalue weighted by Gasteiger charge is -2.37. The van der Waals surface area contributed by atoms with Crippen LogP contribution >= 0.6 is 0 Å². The van der Waals surface area contributed by atoms with Crippen molar-refractivity contribution in [1.82, 2.24) is 40.3 Å². The van der Waals surface area contributed by atoms with Gasteiger partial charge in [0.05, 0.1) is 6.04 Å². The number of hydrogen-bond acceptors (Lipinski definition) is 9. The minimum absolute atomic E-state index is 0.108. The van der Waals surface area contributed by atoms with Gasteiger partial charge in [-0.1, -0.05) is 19.0 Å². The minimum atomic E-state index is 0.108. The Kier molecular flexibility index (Phi) is 4.04. The number of fused-ring (bicyclic) bond motifs is 1. The highest BCUT2D eigenvalue weighted by molar-refractivity contribution is 5.44. The normalized spacial score (nSPS) is 17.5. The lowest BCUT2D eigenvalue weighted by molar-refractivity contribution is 0.164. The van der Waals surface area contributed by atoms with Crippen molar-refractivity contribution in [3.8, 4) is 0 Å². The summed E-state index contributed by atoms with van der Waals surface area (Å²) in [6, 6.07) is 3.94. The molecule has 1 atom stereocenters. The molecule has 0 spiro atoms. The van der Waals surface area contributed by atoms with Crippen LogP contribution in [0, 0.1) is 0 Å². The molecule has 1 unspecified atom stereocenters. The van der Waals surface area contributed by atoms with Crippen LogP contribution in [0.2, 0.25) is 0 Å². The van der Waals surface area contributed by atoms with Crippen molar-refractivity contribution in [3.05, 3.63) is 23.8 Å². The van der Waals surface area contributed by atoms with E-state index in [-0.39, 0.29) is 12.0 Å². The van der Waals surface area contributed by atoms with Crippen LogP contribution in [0.15, 0.2) is 16.7 Å². The molecule has 1 saturated heterocycles. The van der Waals surface area contributed by atoms with Crippen molar-refractivity contribution in [3.63, 3.8) is 0 Å². The van der Waals surface area contributed by atoms with Gasteiger partial charge in [0, 0.05) is 32.1 Å². The summed E-state index contributed by atoms with van der Waals surface area (Å²) in [6.07, 6.45) is 0. The number of nitrogens with zero attached hydrogens (tertiary/aromatic N) is 9. The zero-order chi connectivity index (χ0) is 17.4. The Labute approximate surface area is 144 Å². The lowest BCUT2D eigenvalue weighted by atomic mass is 10.2. The van der Waals surface area contributed by atoms with E-state index in [0.717, 1.165) is 37.8 Å². The number of aromatic nitrogens is 7. The first-order valence-corrected chi connectivity index (χ1v) is 8.50. The van der Waals surface area contributed by atoms with Gasteiger partial charge in [-0.05, 0) is 29.5 Å². The van der Waals surface area contributed by atoms with Gasteiger partial charge in [0.2, 0.25) is 5.89 Å². The second-order valence-corrected chi connectivity index (χ2v) is 6.56. The Balaban J connectivity index is 1.41. The molecule has 0 N–H and O–H groups in total. The first kappa shape index (κ1) is 15.9. The third-order valence-electron chi connectivity index (χ3n) is 4.57. The molecular formula is C15H21N9O. The van der Waals surface area contributed by atoms with Crippen LogP contribution in [0.25, 0.3) is 5.65 Å². The fourth-order valence-electron chi connectivity index (χ4n) is 2.95. The van der Waals surface area contributed by atoms with Crippen LogP contribution in [0.3, 0.4) is 0 Å². The van der Waals surface area contributed by atoms with E-state index in [2.05, 4.69) is 61.3 Å². The molecule has 0 radical (unpaired) electrons. The molecule has 0 saturated carbocycles. The van der Waals surface area contributed by atoms with Gasteiger partial charge in [0.15, 0.2) is 17.3 Å². The van der Waals surface area contributed by atoms with E-state index in [4.69, 9.17) is 4.52 Å². The molecular weight excluding hydrogens is 322 g/mol. The Morgan fingerprint density at radius 3 is 2.60 bits per heavy atom. The van der Waals surface area contributed by atoms with Crippen LogP contribution in [-0.2, 0) is 0 Å². The van der Waals surface area contributed by atoms with Gasteiger partial charge in [-0.25, -0.2) is 0 Å². The highest BCUT2D eigenvalue weighted by atomic mass is 16.5. The SMILES string of the molecule is CC(C)c1noc(C(C)N2CCN(c3ccc4nnnn4n3)CC2)n1. The Hall–Kier alpha value is -2.62. The summed E-state index contributed by atoms with van der Waals surface area (Å²) in [5, 5.41) is 19.9. The van der Waals surface area contributed by atoms with Crippen LogP contribution in [0.5, 0.6) is 0 Å². The first-order valence-electron chi connectivity index (χ1n) is 8.50. The smallest absolute Gasteiger partial charge is 0.243 e. The van der Waals surface area contributed by atoms with Gasteiger partial charge < -0.3 is 9.42 Å². The third kappa shape index (κ3) is 3.04. The van der Waals surface area contributed by atoms with Crippen molar-refractivity contribution in [1.29, 1.82) is 0 Å². The largest absolute Gasteiger partial charge is 0.353 e. The molecule has 0 amide bonds. The fourth-order valence-corrected chi connectivity index (χ4v) is 2.95. The van der Waals surface area contributed by atoms with Crippen LogP contribution in [0.1, 0.15) is 44.4 Å². The fraction of sp³-hybridized carbons (Fsp3) is 0.600. The van der Waals surface area contributed by atoms with Crippen molar-refractivity contribution in [2.24, 2.45) is 0 Å². The first-order chi connectivity index (χ1) is 12.1. The van der Waals surface area contributed by atoms with E-state index < -0.39 is 0 Å². The van der Waals surface area contributed by atoms with Gasteiger partial charge >= 0.3 is 0 Å². The quantitative estimate of drug-likeness (QED) is 0.684. The number of tetrazole rings is 1. The number of anilines is 1. The maximum Gasteiger partial charge on any atom is 0.243 e. The topological polar surface area (TPSA) is 101 Å². The molecule has 10 nitrogen and oxygen atoms in total. The molecule has 0 bridgehead atoms. The molecule has 4 rings (SSSR count). The predicted molar refractivity (Wildman–Crippen MR) is 89.2 cm³/mol. The van der Waals surface area contributed by atoms with E-state index in [1.54, 1.807) is 0 Å². The Morgan fingerprint density at radius 2 is 1.88 bits per heavy atom. The maximum atomic E-state index is 5.44. The van der Waals surface area contributed by atoms with E-state index in [9.17, 15) is 0 Å². The summed E-state index contributed by atoms with van der Waals surface area (Å²) < 4.78 is 6.89. The molecule has 1 aliphatic heterocycles. The standard InChI is InChI=1S/C15H21N9O/c1-10(2)14-16-15(25-19-14)11(3)22-6-8-23(9-7-22)13-5-4-12-17-20-21-24(12)18-13/h4-5,10-11H,6-9H2,1-3H3. The summed E-state index contributed by atoms with van der Waals surface area (Å²) in [7, 11) is 0. The van der Waals surface area contributed by atoms with Gasteiger partial charge in [0.1, 0.15) is 0 Å². The highest BCUT2D eigenvalue weighted by Crippen LogP contribution is 2.23. The van der Waals surface area contributed by atoms with E-state index in [0.29, 0.717) is 11.5 Å². The molecule has 4 heterocycles. The number of rotatable bonds is 4. The van der Waals surface area contributed by atoms with Crippen LogP contribution in [0.4, 0.5) is 5.82 Å². The minimum Gasteiger partial charge on any atom is -0.353 e. The van der Waals surface area contributed by atoms with E-state index in [1.807, 2.05) is 12.1 Å². The highest BCUT2D eigenvalue weighted by Gasteiger charge is 2.26. The summed E-state index contributed by atoms with van der Waals surface area (Å²) in [4.78, 5) is 9.10. The molecule has 132 valence electrons. The molecule has 0 aliphatic carbocycles. The van der Waals surface area contributed by atoms with Crippen molar-refractivity contribution in [2.45, 2.75) is 32.7 Å². The van der Waals surface area contributed by atoms with Crippen molar-refractivity contribution >= 4 is 11.5 Å². The zero-order valence-corrected chi connectivity index (χ0v) is 14.6. The van der Waals surface area contributed by atoms with Gasteiger partial charge in [-0.15, -0.1) is 14.8 Å². The predicted octanol–water partition coefficient (Wildman–Crippen LogP) is 0.909. The summed E-state index contributed by atoms with van der Waals surface area (Å²) in [5.41, 5.74) is 0.647. The van der Waals surface area contributed by atoms with Gasteiger partial charge in [-0.3, -0.25) is 4.90 Å². The molecule has 3 aromatic rings. The summed E-state index contributed by atoms with van der Waals surface area (Å²) >= 11 is 0. The molecule has 0 aromatic carbocycles. The lowest BCUT2D eigenvalue weighted by Crippen LogP contribution is -2.47. The van der Waals surface area contributed by atoms with Crippen LogP contribution < -0.4 is 4.90 Å². The molecule has 25 heavy (non-hydrogen) atoms. The Morgan fingerprint density at radius 1 is 1.08 bits per heavy atom. The van der Waals surface area contributed by atoms with E-state index in [1.165, 1.54) is 4.63 Å². The molecule has 3 aromatic heterocycles. The summed E-state index contributed by atoms with van der Waals surface area (Å²) in [6.45, 7) is 9.77. The number of hydrogen-bond donors (Lipinski definition) is 0. The monoisotopic (exact) mass is 343 g/mol. The molecule has 1 aliphatic rings. The summed E-state index contributed by atoms with van der Waals surface area (Å²) in [5.74, 6) is 2.60. The molecule has 10 heteroatoms. The zero-order valence-electron chi connectivity index (χ0n) is 14.6. The third-order valence-corrected chi connectivity index (χ3v) is 4.57. The van der Waals surface area contributed by atoms with Crippen molar-refractivity contribution < 1.29 is 4.52 Å². The van der Waals surface area contributed by atoms with Crippen molar-refractivity contribution in [2.75, 3.05) is 31.1 Å².